The van der Waals surface area contributed by atoms with Gasteiger partial charge in [-0.15, -0.1) is 6.58 Å². The zero-order valence-corrected chi connectivity index (χ0v) is 22.0. The molecule has 2 aliphatic carbocycles. The molecule has 34 heavy (non-hydrogen) atoms. The van der Waals surface area contributed by atoms with E-state index in [1.54, 1.807) is 5.56 Å². The lowest BCUT2D eigenvalue weighted by Gasteiger charge is -2.34. The molecule has 2 aromatic carbocycles. The molecule has 0 spiro atoms. The van der Waals surface area contributed by atoms with Crippen LogP contribution in [0.1, 0.15) is 120 Å². The number of allylic oxidation sites excluding steroid dienone is 1. The minimum atomic E-state index is 0.638. The number of benzene rings is 2. The first kappa shape index (κ1) is 25.3. The van der Waals surface area contributed by atoms with Crippen molar-refractivity contribution in [2.24, 2.45) is 17.8 Å². The minimum absolute atomic E-state index is 0.638. The molecule has 2 aliphatic rings. The molecular formula is C34H48. The van der Waals surface area contributed by atoms with E-state index >= 15 is 0 Å². The van der Waals surface area contributed by atoms with Crippen molar-refractivity contribution < 1.29 is 0 Å². The van der Waals surface area contributed by atoms with E-state index in [1.807, 2.05) is 0 Å². The molecule has 0 amide bonds. The number of rotatable bonds is 10. The molecule has 0 aromatic heterocycles. The highest BCUT2D eigenvalue weighted by molar-refractivity contribution is 5.64. The molecular weight excluding hydrogens is 408 g/mol. The van der Waals surface area contributed by atoms with Gasteiger partial charge in [-0.1, -0.05) is 107 Å². The summed E-state index contributed by atoms with van der Waals surface area (Å²) in [5.41, 5.74) is 5.78. The summed E-state index contributed by atoms with van der Waals surface area (Å²) in [7, 11) is 0. The Morgan fingerprint density at radius 1 is 0.706 bits per heavy atom. The smallest absolute Gasteiger partial charge is 0.00991 e. The molecule has 2 saturated carbocycles. The molecule has 0 aliphatic heterocycles. The first-order valence-corrected chi connectivity index (χ1v) is 14.5. The van der Waals surface area contributed by atoms with Crippen molar-refractivity contribution >= 4 is 0 Å². The van der Waals surface area contributed by atoms with E-state index in [0.29, 0.717) is 5.92 Å². The molecule has 0 bridgehead atoms. The standard InChI is InChI=1S/C34H48/c1-4-7-26-10-14-28(15-11-26)29-18-20-30(21-19-29)31-22-24-33(25-23-31)34(9-6-3)32-16-12-27(8-5-2)13-17-32/h6,18-28,32,34H,3-5,7-17H2,1-2H3. The fraction of sp³-hybridized carbons (Fsp3) is 0.588. The Morgan fingerprint density at radius 3 is 1.71 bits per heavy atom. The summed E-state index contributed by atoms with van der Waals surface area (Å²) in [6.07, 6.45) is 20.0. The molecule has 0 N–H and O–H groups in total. The van der Waals surface area contributed by atoms with Gasteiger partial charge in [0.15, 0.2) is 0 Å². The second-order valence-corrected chi connectivity index (χ2v) is 11.5. The molecule has 2 aromatic rings. The minimum Gasteiger partial charge on any atom is -0.103 e. The van der Waals surface area contributed by atoms with Gasteiger partial charge in [-0.3, -0.25) is 0 Å². The maximum Gasteiger partial charge on any atom is -0.00991 e. The summed E-state index contributed by atoms with van der Waals surface area (Å²) in [6, 6.07) is 19.1. The van der Waals surface area contributed by atoms with Gasteiger partial charge in [0.2, 0.25) is 0 Å². The van der Waals surface area contributed by atoms with Crippen molar-refractivity contribution in [2.75, 3.05) is 0 Å². The van der Waals surface area contributed by atoms with Gasteiger partial charge in [0.05, 0.1) is 0 Å². The zero-order valence-electron chi connectivity index (χ0n) is 22.0. The van der Waals surface area contributed by atoms with Gasteiger partial charge in [0.1, 0.15) is 0 Å². The monoisotopic (exact) mass is 456 g/mol. The Morgan fingerprint density at radius 2 is 1.21 bits per heavy atom. The van der Waals surface area contributed by atoms with Crippen LogP contribution in [-0.4, -0.2) is 0 Å². The fourth-order valence-electron chi connectivity index (χ4n) is 7.13. The number of hydrogen-bond acceptors (Lipinski definition) is 0. The van der Waals surface area contributed by atoms with Gasteiger partial charge in [-0.05, 0) is 96.8 Å². The third kappa shape index (κ3) is 6.44. The summed E-state index contributed by atoms with van der Waals surface area (Å²) >= 11 is 0. The second kappa shape index (κ2) is 12.8. The van der Waals surface area contributed by atoms with E-state index in [0.717, 1.165) is 30.1 Å². The largest absolute Gasteiger partial charge is 0.103 e. The van der Waals surface area contributed by atoms with Crippen molar-refractivity contribution in [3.8, 4) is 11.1 Å². The molecule has 184 valence electrons. The van der Waals surface area contributed by atoms with Gasteiger partial charge in [0.25, 0.3) is 0 Å². The van der Waals surface area contributed by atoms with Crippen LogP contribution in [0.15, 0.2) is 61.2 Å². The molecule has 1 unspecified atom stereocenters. The van der Waals surface area contributed by atoms with Gasteiger partial charge in [-0.2, -0.15) is 0 Å². The highest BCUT2D eigenvalue weighted by Gasteiger charge is 2.27. The van der Waals surface area contributed by atoms with E-state index in [4.69, 9.17) is 0 Å². The zero-order chi connectivity index (χ0) is 23.8. The lowest BCUT2D eigenvalue weighted by atomic mass is 9.71. The maximum absolute atomic E-state index is 4.09. The first-order valence-electron chi connectivity index (χ1n) is 14.5. The SMILES string of the molecule is C=CCC(c1ccc(-c2ccc(C3CCC(CCC)CC3)cc2)cc1)C1CCC(CCC)CC1. The van der Waals surface area contributed by atoms with Crippen LogP contribution in [0.4, 0.5) is 0 Å². The Balaban J connectivity index is 1.38. The molecule has 2 fully saturated rings. The van der Waals surface area contributed by atoms with Gasteiger partial charge in [0, 0.05) is 0 Å². The van der Waals surface area contributed by atoms with Crippen molar-refractivity contribution in [2.45, 2.75) is 109 Å². The van der Waals surface area contributed by atoms with Crippen LogP contribution in [-0.2, 0) is 0 Å². The van der Waals surface area contributed by atoms with Gasteiger partial charge in [-0.25, -0.2) is 0 Å². The Kier molecular flexibility index (Phi) is 9.49. The van der Waals surface area contributed by atoms with E-state index < -0.39 is 0 Å². The highest BCUT2D eigenvalue weighted by Crippen LogP contribution is 2.42. The predicted octanol–water partition coefficient (Wildman–Crippen LogP) is 10.7. The Labute approximate surface area is 210 Å². The van der Waals surface area contributed by atoms with Crippen molar-refractivity contribution in [3.05, 3.63) is 72.3 Å². The molecule has 0 saturated heterocycles. The summed E-state index contributed by atoms with van der Waals surface area (Å²) in [5.74, 6) is 4.19. The van der Waals surface area contributed by atoms with Crippen LogP contribution in [0.25, 0.3) is 11.1 Å². The molecule has 1 atom stereocenters. The molecule has 4 rings (SSSR count). The van der Waals surface area contributed by atoms with Crippen LogP contribution in [0.5, 0.6) is 0 Å². The maximum atomic E-state index is 4.09. The Hall–Kier alpha value is -1.82. The van der Waals surface area contributed by atoms with Crippen molar-refractivity contribution in [1.29, 1.82) is 0 Å². The summed E-state index contributed by atoms with van der Waals surface area (Å²) in [4.78, 5) is 0. The van der Waals surface area contributed by atoms with Crippen LogP contribution in [0.2, 0.25) is 0 Å². The molecule has 0 radical (unpaired) electrons. The van der Waals surface area contributed by atoms with Crippen LogP contribution in [0, 0.1) is 17.8 Å². The predicted molar refractivity (Wildman–Crippen MR) is 149 cm³/mol. The first-order chi connectivity index (χ1) is 16.7. The lowest BCUT2D eigenvalue weighted by Crippen LogP contribution is -2.20. The third-order valence-electron chi connectivity index (χ3n) is 9.18. The quantitative estimate of drug-likeness (QED) is 0.312. The summed E-state index contributed by atoms with van der Waals surface area (Å²) in [6.45, 7) is 8.75. The average Bonchev–Trinajstić information content (AvgIpc) is 2.89. The van der Waals surface area contributed by atoms with Crippen LogP contribution < -0.4 is 0 Å². The third-order valence-corrected chi connectivity index (χ3v) is 9.18. The normalized spacial score (nSPS) is 26.2. The lowest BCUT2D eigenvalue weighted by molar-refractivity contribution is 0.232. The van der Waals surface area contributed by atoms with E-state index in [-0.39, 0.29) is 0 Å². The fourth-order valence-corrected chi connectivity index (χ4v) is 7.13. The number of hydrogen-bond donors (Lipinski definition) is 0. The van der Waals surface area contributed by atoms with E-state index in [1.165, 1.54) is 93.7 Å². The molecule has 0 heteroatoms. The highest BCUT2D eigenvalue weighted by atomic mass is 14.3. The molecule has 0 heterocycles. The van der Waals surface area contributed by atoms with Gasteiger partial charge < -0.3 is 0 Å². The van der Waals surface area contributed by atoms with Crippen molar-refractivity contribution in [3.63, 3.8) is 0 Å². The van der Waals surface area contributed by atoms with Crippen molar-refractivity contribution in [1.82, 2.24) is 0 Å². The second-order valence-electron chi connectivity index (χ2n) is 11.5. The topological polar surface area (TPSA) is 0 Å². The Bertz CT molecular complexity index is 842. The molecule has 0 nitrogen and oxygen atoms in total. The summed E-state index contributed by atoms with van der Waals surface area (Å²) < 4.78 is 0. The van der Waals surface area contributed by atoms with Crippen LogP contribution in [0.3, 0.4) is 0 Å². The summed E-state index contributed by atoms with van der Waals surface area (Å²) in [5, 5.41) is 0. The van der Waals surface area contributed by atoms with Gasteiger partial charge >= 0.3 is 0 Å². The average molecular weight is 457 g/mol. The van der Waals surface area contributed by atoms with Crippen LogP contribution >= 0.6 is 0 Å². The van der Waals surface area contributed by atoms with E-state index in [2.05, 4.69) is 75.0 Å². The van der Waals surface area contributed by atoms with E-state index in [9.17, 15) is 0 Å².